The number of nitro benzene ring substituents is 1. The van der Waals surface area contributed by atoms with Gasteiger partial charge in [0.1, 0.15) is 5.75 Å². The molecule has 12 heavy (non-hydrogen) atoms. The van der Waals surface area contributed by atoms with Crippen LogP contribution >= 0.6 is 0 Å². The van der Waals surface area contributed by atoms with Crippen LogP contribution in [-0.2, 0) is 4.79 Å². The maximum Gasteiger partial charge on any atom is 0.298 e. The van der Waals surface area contributed by atoms with Gasteiger partial charge in [-0.25, -0.2) is 0 Å². The number of rotatable bonds is 2. The molecule has 0 saturated carbocycles. The number of non-ortho nitro benzene ring substituents is 1. The van der Waals surface area contributed by atoms with Gasteiger partial charge < -0.3 is 4.74 Å². The maximum atomic E-state index is 10.2. The average molecular weight is 168 g/mol. The first kappa shape index (κ1) is 6.78. The van der Waals surface area contributed by atoms with E-state index in [1.807, 2.05) is 0 Å². The smallest absolute Gasteiger partial charge is 0.298 e. The molecular formula is C7H5NO4. The van der Waals surface area contributed by atoms with Crippen molar-refractivity contribution in [3.63, 3.8) is 0 Å². The van der Waals surface area contributed by atoms with E-state index in [9.17, 15) is 14.9 Å². The van der Waals surface area contributed by atoms with E-state index in [2.05, 4.69) is 4.74 Å². The summed E-state index contributed by atoms with van der Waals surface area (Å²) < 4.78 is 10.8. The van der Waals surface area contributed by atoms with Crippen molar-refractivity contribution in [2.75, 3.05) is 0 Å². The molecule has 0 heterocycles. The highest BCUT2D eigenvalue weighted by Gasteiger charge is 2.03. The predicted molar refractivity (Wildman–Crippen MR) is 39.8 cm³/mol. The van der Waals surface area contributed by atoms with Gasteiger partial charge in [-0.2, -0.15) is 0 Å². The third kappa shape index (κ3) is 1.79. The van der Waals surface area contributed by atoms with Gasteiger partial charge in [0.25, 0.3) is 12.1 Å². The van der Waals surface area contributed by atoms with E-state index in [0.717, 1.165) is 0 Å². The molecule has 0 atom stereocenters. The lowest BCUT2D eigenvalue weighted by molar-refractivity contribution is -0.384. The van der Waals surface area contributed by atoms with Gasteiger partial charge in [-0.1, -0.05) is 0 Å². The number of ether oxygens (including phenoxy) is 1. The van der Waals surface area contributed by atoms with Gasteiger partial charge in [0.15, 0.2) is 1.37 Å². The molecule has 5 heteroatoms. The van der Waals surface area contributed by atoms with E-state index < -0.39 is 11.4 Å². The van der Waals surface area contributed by atoms with Crippen molar-refractivity contribution in [1.82, 2.24) is 0 Å². The molecule has 1 rings (SSSR count). The number of carbonyl (C=O) groups excluding carboxylic acids is 1. The lowest BCUT2D eigenvalue weighted by atomic mass is 10.3. The summed E-state index contributed by atoms with van der Waals surface area (Å²) in [6, 6.07) is 4.89. The first-order chi connectivity index (χ1) is 6.09. The molecule has 0 saturated heterocycles. The van der Waals surface area contributed by atoms with Crippen LogP contribution in [0.1, 0.15) is 1.37 Å². The number of carbonyl (C=O) groups is 1. The van der Waals surface area contributed by atoms with Crippen LogP contribution in [0.25, 0.3) is 0 Å². The van der Waals surface area contributed by atoms with E-state index in [0.29, 0.717) is 0 Å². The second-order valence-corrected chi connectivity index (χ2v) is 1.94. The van der Waals surface area contributed by atoms with E-state index >= 15 is 0 Å². The minimum absolute atomic E-state index is 0.0928. The van der Waals surface area contributed by atoms with Crippen molar-refractivity contribution in [2.24, 2.45) is 0 Å². The van der Waals surface area contributed by atoms with Crippen LogP contribution in [0, 0.1) is 10.1 Å². The largest absolute Gasteiger partial charge is 0.429 e. The van der Waals surface area contributed by atoms with E-state index in [1.54, 1.807) is 0 Å². The van der Waals surface area contributed by atoms with Gasteiger partial charge in [-0.3, -0.25) is 14.9 Å². The van der Waals surface area contributed by atoms with Gasteiger partial charge in [0.05, 0.1) is 4.92 Å². The summed E-state index contributed by atoms with van der Waals surface area (Å²) >= 11 is 0. The van der Waals surface area contributed by atoms with Crippen molar-refractivity contribution in [2.45, 2.75) is 0 Å². The normalized spacial score (nSPS) is 10.2. The maximum absolute atomic E-state index is 10.2. The molecule has 0 bridgehead atoms. The predicted octanol–water partition coefficient (Wildman–Crippen LogP) is 1.13. The zero-order valence-electron chi connectivity index (χ0n) is 6.89. The Morgan fingerprint density at radius 1 is 1.50 bits per heavy atom. The van der Waals surface area contributed by atoms with Crippen LogP contribution < -0.4 is 4.74 Å². The topological polar surface area (TPSA) is 69.4 Å². The Labute approximate surface area is 69.1 Å². The molecule has 0 aliphatic carbocycles. The molecule has 1 aromatic carbocycles. The summed E-state index contributed by atoms with van der Waals surface area (Å²) in [5.41, 5.74) is -0.0928. The van der Waals surface area contributed by atoms with Crippen LogP contribution in [0.15, 0.2) is 24.3 Å². The fraction of sp³-hybridized carbons (Fsp3) is 0. The minimum atomic E-state index is -1.20. The molecule has 62 valence electrons. The average Bonchev–Trinajstić information content (AvgIpc) is 2.04. The second-order valence-electron chi connectivity index (χ2n) is 1.94. The van der Waals surface area contributed by atoms with Gasteiger partial charge in [-0.05, 0) is 12.1 Å². The van der Waals surface area contributed by atoms with Gasteiger partial charge in [0, 0.05) is 12.1 Å². The molecule has 0 amide bonds. The van der Waals surface area contributed by atoms with Crippen LogP contribution in [0.3, 0.4) is 0 Å². The molecule has 5 nitrogen and oxygen atoms in total. The third-order valence-electron chi connectivity index (χ3n) is 1.21. The van der Waals surface area contributed by atoms with Crippen molar-refractivity contribution >= 4 is 12.1 Å². The Morgan fingerprint density at radius 2 is 2.08 bits per heavy atom. The van der Waals surface area contributed by atoms with Gasteiger partial charge in [0.2, 0.25) is 0 Å². The fourth-order valence-electron chi connectivity index (χ4n) is 0.684. The van der Waals surface area contributed by atoms with E-state index in [4.69, 9.17) is 1.37 Å². The highest BCUT2D eigenvalue weighted by Crippen LogP contribution is 2.16. The Morgan fingerprint density at radius 3 is 2.50 bits per heavy atom. The number of nitro groups is 1. The van der Waals surface area contributed by atoms with Crippen molar-refractivity contribution < 1.29 is 15.8 Å². The lowest BCUT2D eigenvalue weighted by Gasteiger charge is -1.94. The summed E-state index contributed by atoms with van der Waals surface area (Å²) in [5, 5.41) is 10.2. The monoisotopic (exact) mass is 168 g/mol. The third-order valence-corrected chi connectivity index (χ3v) is 1.21. The second kappa shape index (κ2) is 3.47. The Kier molecular flexibility index (Phi) is 1.96. The Bertz CT molecular complexity index is 335. The SMILES string of the molecule is [2H]C(=O)Oc1ccc([N+](=O)[O-])cc1. The molecule has 0 N–H and O–H groups in total. The van der Waals surface area contributed by atoms with Crippen molar-refractivity contribution in [3.05, 3.63) is 34.4 Å². The summed E-state index contributed by atoms with van der Waals surface area (Å²) in [5.74, 6) is 0.116. The summed E-state index contributed by atoms with van der Waals surface area (Å²) in [4.78, 5) is 19.8. The fourth-order valence-corrected chi connectivity index (χ4v) is 0.684. The zero-order valence-corrected chi connectivity index (χ0v) is 5.89. The molecule has 0 aliphatic heterocycles. The summed E-state index contributed by atoms with van der Waals surface area (Å²) in [6.45, 7) is 0. The number of nitrogens with zero attached hydrogens (tertiary/aromatic N) is 1. The van der Waals surface area contributed by atoms with Crippen LogP contribution in [0.5, 0.6) is 5.75 Å². The molecule has 0 aromatic heterocycles. The van der Waals surface area contributed by atoms with Crippen LogP contribution in [-0.4, -0.2) is 11.4 Å². The molecule has 1 aromatic rings. The first-order valence-corrected chi connectivity index (χ1v) is 3.02. The Balaban J connectivity index is 2.81. The quantitative estimate of drug-likeness (QED) is 0.377. The standard InChI is InChI=1S/C7H5NO4/c9-5-12-7-3-1-6(2-4-7)8(10)11/h1-5H/i5D. The van der Waals surface area contributed by atoms with Crippen molar-refractivity contribution in [1.29, 1.82) is 0 Å². The minimum Gasteiger partial charge on any atom is -0.429 e. The summed E-state index contributed by atoms with van der Waals surface area (Å²) in [7, 11) is 0. The number of hydrogen-bond donors (Lipinski definition) is 0. The number of hydrogen-bond acceptors (Lipinski definition) is 4. The molecule has 0 unspecified atom stereocenters. The van der Waals surface area contributed by atoms with Crippen molar-refractivity contribution in [3.8, 4) is 5.75 Å². The van der Waals surface area contributed by atoms with Crippen LogP contribution in [0.4, 0.5) is 5.69 Å². The van der Waals surface area contributed by atoms with E-state index in [-0.39, 0.29) is 11.4 Å². The highest BCUT2D eigenvalue weighted by atomic mass is 16.6. The molecular weight excluding hydrogens is 162 g/mol. The van der Waals surface area contributed by atoms with Crippen LogP contribution in [0.2, 0.25) is 0 Å². The number of benzene rings is 1. The molecule has 0 fully saturated rings. The first-order valence-electron chi connectivity index (χ1n) is 3.52. The lowest BCUT2D eigenvalue weighted by Crippen LogP contribution is -1.90. The summed E-state index contributed by atoms with van der Waals surface area (Å²) in [6.07, 6.45) is -1.20. The molecule has 0 spiro atoms. The highest BCUT2D eigenvalue weighted by molar-refractivity contribution is 5.46. The molecule has 0 radical (unpaired) electrons. The zero-order chi connectivity index (χ0) is 9.84. The van der Waals surface area contributed by atoms with Gasteiger partial charge >= 0.3 is 0 Å². The van der Waals surface area contributed by atoms with Gasteiger partial charge in [-0.15, -0.1) is 0 Å². The molecule has 0 aliphatic rings. The van der Waals surface area contributed by atoms with E-state index in [1.165, 1.54) is 24.3 Å². The Hall–Kier alpha value is -1.91.